The number of carbonyl (C=O) groups excluding carboxylic acids is 1. The lowest BCUT2D eigenvalue weighted by Crippen LogP contribution is -2.46. The summed E-state index contributed by atoms with van der Waals surface area (Å²) in [5.41, 5.74) is 0.412. The number of fused-ring (bicyclic) bond motifs is 1. The summed E-state index contributed by atoms with van der Waals surface area (Å²) in [4.78, 5) is 22.5. The Hall–Kier alpha value is -1.53. The van der Waals surface area contributed by atoms with Gasteiger partial charge in [-0.1, -0.05) is 0 Å². The van der Waals surface area contributed by atoms with E-state index < -0.39 is 0 Å². The normalized spacial score (nSPS) is 28.4. The van der Waals surface area contributed by atoms with Gasteiger partial charge in [-0.3, -0.25) is 9.78 Å². The zero-order valence-electron chi connectivity index (χ0n) is 12.3. The molecule has 2 fully saturated rings. The van der Waals surface area contributed by atoms with Crippen LogP contribution >= 0.6 is 0 Å². The Bertz CT molecular complexity index is 482. The maximum absolute atomic E-state index is 12.5. The van der Waals surface area contributed by atoms with E-state index in [0.29, 0.717) is 18.9 Å². The van der Waals surface area contributed by atoms with Gasteiger partial charge in [0.2, 0.25) is 0 Å². The van der Waals surface area contributed by atoms with E-state index in [4.69, 9.17) is 9.47 Å². The van der Waals surface area contributed by atoms with Crippen molar-refractivity contribution in [1.82, 2.24) is 14.9 Å². The van der Waals surface area contributed by atoms with E-state index in [1.54, 1.807) is 12.4 Å². The van der Waals surface area contributed by atoms with Crippen LogP contribution in [0.3, 0.4) is 0 Å². The fourth-order valence-electron chi connectivity index (χ4n) is 3.18. The van der Waals surface area contributed by atoms with Crippen molar-refractivity contribution in [2.75, 3.05) is 19.8 Å². The molecule has 3 heterocycles. The van der Waals surface area contributed by atoms with Crippen LogP contribution in [-0.2, 0) is 9.47 Å². The van der Waals surface area contributed by atoms with Gasteiger partial charge in [0.25, 0.3) is 5.91 Å². The quantitative estimate of drug-likeness (QED) is 0.836. The molecule has 0 unspecified atom stereocenters. The summed E-state index contributed by atoms with van der Waals surface area (Å²) in [6, 6.07) is 0.164. The van der Waals surface area contributed by atoms with Crippen molar-refractivity contribution >= 4 is 5.91 Å². The minimum absolute atomic E-state index is 0.0394. The number of hydrogen-bond acceptors (Lipinski definition) is 5. The minimum atomic E-state index is -0.0394. The predicted octanol–water partition coefficient (Wildman–Crippen LogP) is 1.28. The van der Waals surface area contributed by atoms with E-state index in [2.05, 4.69) is 9.97 Å². The molecule has 0 N–H and O–H groups in total. The first-order chi connectivity index (χ1) is 10.3. The molecular formula is C15H21N3O3. The number of amides is 1. The lowest BCUT2D eigenvalue weighted by Gasteiger charge is -2.35. The van der Waals surface area contributed by atoms with Gasteiger partial charge in [0, 0.05) is 25.5 Å². The van der Waals surface area contributed by atoms with E-state index in [9.17, 15) is 4.79 Å². The van der Waals surface area contributed by atoms with Gasteiger partial charge in [-0.15, -0.1) is 0 Å². The van der Waals surface area contributed by atoms with Crippen molar-refractivity contribution in [1.29, 1.82) is 0 Å². The van der Waals surface area contributed by atoms with Gasteiger partial charge in [0.1, 0.15) is 5.69 Å². The molecule has 0 spiro atoms. The number of ether oxygens (including phenoxy) is 2. The first kappa shape index (κ1) is 14.4. The van der Waals surface area contributed by atoms with Gasteiger partial charge in [-0.2, -0.15) is 0 Å². The summed E-state index contributed by atoms with van der Waals surface area (Å²) in [6.45, 7) is 4.08. The molecule has 114 valence electrons. The van der Waals surface area contributed by atoms with Crippen LogP contribution in [0.4, 0.5) is 0 Å². The zero-order chi connectivity index (χ0) is 14.7. The topological polar surface area (TPSA) is 64.5 Å². The predicted molar refractivity (Wildman–Crippen MR) is 75.9 cm³/mol. The molecule has 0 bridgehead atoms. The minimum Gasteiger partial charge on any atom is -0.379 e. The van der Waals surface area contributed by atoms with Crippen LogP contribution < -0.4 is 0 Å². The monoisotopic (exact) mass is 291 g/mol. The van der Waals surface area contributed by atoms with Crippen LogP contribution in [0.5, 0.6) is 0 Å². The van der Waals surface area contributed by atoms with Crippen LogP contribution in [0, 0.1) is 0 Å². The molecule has 0 saturated carbocycles. The van der Waals surface area contributed by atoms with Gasteiger partial charge in [0.05, 0.1) is 31.1 Å². The Morgan fingerprint density at radius 2 is 2.33 bits per heavy atom. The molecule has 3 atom stereocenters. The van der Waals surface area contributed by atoms with Crippen LogP contribution in [0.25, 0.3) is 0 Å². The van der Waals surface area contributed by atoms with E-state index >= 15 is 0 Å². The number of likely N-dealkylation sites (tertiary alicyclic amines) is 1. The van der Waals surface area contributed by atoms with Gasteiger partial charge in [-0.25, -0.2) is 4.98 Å². The molecular weight excluding hydrogens is 270 g/mol. The third-order valence-corrected chi connectivity index (χ3v) is 4.19. The fourth-order valence-corrected chi connectivity index (χ4v) is 3.18. The van der Waals surface area contributed by atoms with Gasteiger partial charge in [-0.05, 0) is 26.2 Å². The summed E-state index contributed by atoms with van der Waals surface area (Å²) >= 11 is 0. The maximum Gasteiger partial charge on any atom is 0.274 e. The number of hydrogen-bond donors (Lipinski definition) is 0. The first-order valence-electron chi connectivity index (χ1n) is 7.59. The molecule has 21 heavy (non-hydrogen) atoms. The van der Waals surface area contributed by atoms with Gasteiger partial charge >= 0.3 is 0 Å². The zero-order valence-corrected chi connectivity index (χ0v) is 12.3. The SMILES string of the molecule is CCOC[C@@H]1CC[C@H]2[C@H](CCN2C(=O)c2cnccn2)O1. The molecule has 3 rings (SSSR count). The Kier molecular flexibility index (Phi) is 4.45. The molecule has 2 saturated heterocycles. The van der Waals surface area contributed by atoms with Crippen molar-refractivity contribution in [3.05, 3.63) is 24.3 Å². The largest absolute Gasteiger partial charge is 0.379 e. The van der Waals surface area contributed by atoms with Gasteiger partial charge in [0.15, 0.2) is 0 Å². The maximum atomic E-state index is 12.5. The lowest BCUT2D eigenvalue weighted by atomic mass is 9.99. The fraction of sp³-hybridized carbons (Fsp3) is 0.667. The molecule has 0 aliphatic carbocycles. The highest BCUT2D eigenvalue weighted by atomic mass is 16.5. The summed E-state index contributed by atoms with van der Waals surface area (Å²) < 4.78 is 11.5. The summed E-state index contributed by atoms with van der Waals surface area (Å²) in [5.74, 6) is -0.0394. The molecule has 2 aliphatic rings. The second-order valence-corrected chi connectivity index (χ2v) is 5.48. The Morgan fingerprint density at radius 3 is 3.10 bits per heavy atom. The molecule has 6 heteroatoms. The number of rotatable bonds is 4. The summed E-state index contributed by atoms with van der Waals surface area (Å²) in [7, 11) is 0. The molecule has 0 radical (unpaired) electrons. The van der Waals surface area contributed by atoms with E-state index in [-0.39, 0.29) is 24.2 Å². The second kappa shape index (κ2) is 6.49. The third kappa shape index (κ3) is 3.06. The number of nitrogens with zero attached hydrogens (tertiary/aromatic N) is 3. The highest BCUT2D eigenvalue weighted by Gasteiger charge is 2.42. The Morgan fingerprint density at radius 1 is 1.43 bits per heavy atom. The second-order valence-electron chi connectivity index (χ2n) is 5.48. The molecule has 1 amide bonds. The van der Waals surface area contributed by atoms with Crippen LogP contribution in [0.2, 0.25) is 0 Å². The summed E-state index contributed by atoms with van der Waals surface area (Å²) in [5, 5.41) is 0. The Labute approximate surface area is 124 Å². The highest BCUT2D eigenvalue weighted by molar-refractivity contribution is 5.92. The third-order valence-electron chi connectivity index (χ3n) is 4.19. The lowest BCUT2D eigenvalue weighted by molar-refractivity contribution is -0.0951. The van der Waals surface area contributed by atoms with Crippen molar-refractivity contribution in [3.63, 3.8) is 0 Å². The first-order valence-corrected chi connectivity index (χ1v) is 7.59. The average molecular weight is 291 g/mol. The van der Waals surface area contributed by atoms with Crippen LogP contribution in [0.1, 0.15) is 36.7 Å². The molecule has 2 aliphatic heterocycles. The number of carbonyl (C=O) groups is 1. The van der Waals surface area contributed by atoms with Crippen molar-refractivity contribution in [2.24, 2.45) is 0 Å². The van der Waals surface area contributed by atoms with Crippen molar-refractivity contribution in [3.8, 4) is 0 Å². The van der Waals surface area contributed by atoms with Crippen LogP contribution in [-0.4, -0.2) is 58.8 Å². The Balaban J connectivity index is 1.62. The van der Waals surface area contributed by atoms with E-state index in [0.717, 1.165) is 25.8 Å². The van der Waals surface area contributed by atoms with E-state index in [1.807, 2.05) is 11.8 Å². The molecule has 6 nitrogen and oxygen atoms in total. The number of aromatic nitrogens is 2. The average Bonchev–Trinajstić information content (AvgIpc) is 2.96. The van der Waals surface area contributed by atoms with Crippen molar-refractivity contribution in [2.45, 2.75) is 44.4 Å². The van der Waals surface area contributed by atoms with Gasteiger partial charge < -0.3 is 14.4 Å². The van der Waals surface area contributed by atoms with Crippen LogP contribution in [0.15, 0.2) is 18.6 Å². The molecule has 0 aromatic carbocycles. The van der Waals surface area contributed by atoms with E-state index in [1.165, 1.54) is 6.20 Å². The van der Waals surface area contributed by atoms with Crippen molar-refractivity contribution < 1.29 is 14.3 Å². The smallest absolute Gasteiger partial charge is 0.274 e. The molecule has 1 aromatic heterocycles. The highest BCUT2D eigenvalue weighted by Crippen LogP contribution is 2.32. The molecule has 1 aromatic rings. The summed E-state index contributed by atoms with van der Waals surface area (Å²) in [6.07, 6.45) is 7.74. The standard InChI is InChI=1S/C15H21N3O3/c1-2-20-10-11-3-4-13-14(21-11)5-8-18(13)15(19)12-9-16-6-7-17-12/h6-7,9,11,13-14H,2-5,8,10H2,1H3/t11-,13-,14-/m0/s1.